The predicted octanol–water partition coefficient (Wildman–Crippen LogP) is 3.07. The van der Waals surface area contributed by atoms with Crippen LogP contribution >= 0.6 is 0 Å². The Hall–Kier alpha value is -3.60. The average Bonchev–Trinajstić information content (AvgIpc) is 2.69. The van der Waals surface area contributed by atoms with Gasteiger partial charge in [0, 0.05) is 31.3 Å². The van der Waals surface area contributed by atoms with Crippen LogP contribution in [-0.2, 0) is 13.0 Å². The van der Waals surface area contributed by atoms with Gasteiger partial charge in [-0.25, -0.2) is 8.78 Å². The van der Waals surface area contributed by atoms with Crippen molar-refractivity contribution in [3.05, 3.63) is 76.5 Å². The van der Waals surface area contributed by atoms with E-state index in [0.717, 1.165) is 29.5 Å². The fourth-order valence-corrected chi connectivity index (χ4v) is 2.94. The summed E-state index contributed by atoms with van der Waals surface area (Å²) in [5, 5.41) is 8.80. The Morgan fingerprint density at radius 3 is 2.86 bits per heavy atom. The molecular formula is C20H19F2N5O. The van der Waals surface area contributed by atoms with Crippen molar-refractivity contribution < 1.29 is 13.5 Å². The Bertz CT molecular complexity index is 1010. The quantitative estimate of drug-likeness (QED) is 0.622. The second-order valence-corrected chi connectivity index (χ2v) is 6.40. The molecule has 28 heavy (non-hydrogen) atoms. The summed E-state index contributed by atoms with van der Waals surface area (Å²) < 4.78 is 32.6. The normalized spacial score (nSPS) is 14.8. The van der Waals surface area contributed by atoms with E-state index in [1.807, 2.05) is 11.0 Å². The topological polar surface area (TPSA) is 101 Å². The van der Waals surface area contributed by atoms with Crippen molar-refractivity contribution in [2.24, 2.45) is 11.5 Å². The van der Waals surface area contributed by atoms with Gasteiger partial charge in [0.1, 0.15) is 29.2 Å². The first-order valence-corrected chi connectivity index (χ1v) is 8.56. The average molecular weight is 383 g/mol. The van der Waals surface area contributed by atoms with Crippen molar-refractivity contribution in [1.29, 1.82) is 5.26 Å². The standard InChI is InChI=1S/C20H19F2N5O/c1-12(6-15(24)9-23)20(25)27-5-4-18-13(11-27)7-16(10-26-18)28-19-8-14(21)2-3-17(19)22/h2-3,6-8,10H,4-5,11,24-25H2,1H3/b15-6-,20-12+. The third kappa shape index (κ3) is 4.20. The maximum atomic E-state index is 13.8. The van der Waals surface area contributed by atoms with E-state index in [4.69, 9.17) is 21.5 Å². The second kappa shape index (κ2) is 7.96. The number of nitriles is 1. The van der Waals surface area contributed by atoms with Crippen LogP contribution in [0.15, 0.2) is 53.6 Å². The SMILES string of the molecule is CC(/C=C(\N)C#N)=C(/N)N1CCc2ncc(Oc3cc(F)ccc3F)cc2C1. The minimum Gasteiger partial charge on any atom is -0.453 e. The molecule has 0 fully saturated rings. The first-order chi connectivity index (χ1) is 13.4. The number of fused-ring (bicyclic) bond motifs is 1. The molecule has 6 nitrogen and oxygen atoms in total. The smallest absolute Gasteiger partial charge is 0.166 e. The molecule has 0 bridgehead atoms. The number of rotatable bonds is 4. The van der Waals surface area contributed by atoms with E-state index in [0.29, 0.717) is 36.7 Å². The number of allylic oxidation sites excluding steroid dienone is 3. The van der Waals surface area contributed by atoms with E-state index < -0.39 is 11.6 Å². The van der Waals surface area contributed by atoms with Gasteiger partial charge in [0.15, 0.2) is 11.6 Å². The molecule has 0 unspecified atom stereocenters. The lowest BCUT2D eigenvalue weighted by Gasteiger charge is -2.31. The summed E-state index contributed by atoms with van der Waals surface area (Å²) >= 11 is 0. The monoisotopic (exact) mass is 383 g/mol. The zero-order chi connectivity index (χ0) is 20.3. The van der Waals surface area contributed by atoms with Gasteiger partial charge >= 0.3 is 0 Å². The summed E-state index contributed by atoms with van der Waals surface area (Å²) in [7, 11) is 0. The highest BCUT2D eigenvalue weighted by Crippen LogP contribution is 2.28. The van der Waals surface area contributed by atoms with Crippen LogP contribution in [0, 0.1) is 23.0 Å². The number of ether oxygens (including phenoxy) is 1. The summed E-state index contributed by atoms with van der Waals surface area (Å²) in [6.45, 7) is 2.90. The lowest BCUT2D eigenvalue weighted by Crippen LogP contribution is -2.34. The molecule has 0 saturated heterocycles. The molecule has 1 aromatic heterocycles. The number of nitrogens with two attached hydrogens (primary N) is 2. The lowest BCUT2D eigenvalue weighted by molar-refractivity contribution is 0.312. The van der Waals surface area contributed by atoms with E-state index in [1.165, 1.54) is 12.3 Å². The molecule has 0 amide bonds. The van der Waals surface area contributed by atoms with Gasteiger partial charge in [0.05, 0.1) is 6.20 Å². The Kier molecular flexibility index (Phi) is 5.45. The van der Waals surface area contributed by atoms with Gasteiger partial charge in [-0.1, -0.05) is 0 Å². The van der Waals surface area contributed by atoms with E-state index in [9.17, 15) is 8.78 Å². The Labute approximate surface area is 161 Å². The first-order valence-electron chi connectivity index (χ1n) is 8.56. The van der Waals surface area contributed by atoms with E-state index in [2.05, 4.69) is 4.98 Å². The third-order valence-electron chi connectivity index (χ3n) is 4.38. The molecule has 4 N–H and O–H groups in total. The van der Waals surface area contributed by atoms with Crippen molar-refractivity contribution in [3.8, 4) is 17.6 Å². The highest BCUT2D eigenvalue weighted by Gasteiger charge is 2.20. The van der Waals surface area contributed by atoms with Crippen LogP contribution in [0.2, 0.25) is 0 Å². The van der Waals surface area contributed by atoms with Crippen molar-refractivity contribution in [2.75, 3.05) is 6.54 Å². The van der Waals surface area contributed by atoms with Gasteiger partial charge in [-0.15, -0.1) is 0 Å². The van der Waals surface area contributed by atoms with Crippen LogP contribution in [0.5, 0.6) is 11.5 Å². The summed E-state index contributed by atoms with van der Waals surface area (Å²) in [4.78, 5) is 6.31. The van der Waals surface area contributed by atoms with Crippen LogP contribution in [0.4, 0.5) is 8.78 Å². The van der Waals surface area contributed by atoms with E-state index in [1.54, 1.807) is 13.0 Å². The van der Waals surface area contributed by atoms with Crippen LogP contribution in [0.3, 0.4) is 0 Å². The minimum atomic E-state index is -0.662. The zero-order valence-corrected chi connectivity index (χ0v) is 15.2. The van der Waals surface area contributed by atoms with Gasteiger partial charge in [-0.05, 0) is 42.3 Å². The van der Waals surface area contributed by atoms with Gasteiger partial charge in [-0.3, -0.25) is 4.98 Å². The minimum absolute atomic E-state index is 0.0762. The highest BCUT2D eigenvalue weighted by molar-refractivity contribution is 5.37. The lowest BCUT2D eigenvalue weighted by atomic mass is 10.0. The first kappa shape index (κ1) is 19.2. The van der Waals surface area contributed by atoms with Crippen LogP contribution < -0.4 is 16.2 Å². The second-order valence-electron chi connectivity index (χ2n) is 6.40. The molecule has 3 rings (SSSR count). The molecule has 0 saturated carbocycles. The summed E-state index contributed by atoms with van der Waals surface area (Å²) in [5.41, 5.74) is 14.3. The molecule has 0 atom stereocenters. The molecule has 0 radical (unpaired) electrons. The summed E-state index contributed by atoms with van der Waals surface area (Å²) in [6.07, 6.45) is 3.67. The number of pyridine rings is 1. The van der Waals surface area contributed by atoms with Crippen molar-refractivity contribution >= 4 is 0 Å². The van der Waals surface area contributed by atoms with Gasteiger partial charge in [0.2, 0.25) is 0 Å². The van der Waals surface area contributed by atoms with Crippen molar-refractivity contribution in [3.63, 3.8) is 0 Å². The summed E-state index contributed by atoms with van der Waals surface area (Å²) in [5.74, 6) is -0.650. The number of hydrogen-bond donors (Lipinski definition) is 2. The van der Waals surface area contributed by atoms with Crippen molar-refractivity contribution in [1.82, 2.24) is 9.88 Å². The molecule has 8 heteroatoms. The molecule has 0 aliphatic carbocycles. The fourth-order valence-electron chi connectivity index (χ4n) is 2.94. The van der Waals surface area contributed by atoms with Gasteiger partial charge < -0.3 is 21.1 Å². The molecule has 1 aliphatic heterocycles. The number of benzene rings is 1. The number of nitrogens with zero attached hydrogens (tertiary/aromatic N) is 3. The molecular weight excluding hydrogens is 364 g/mol. The molecule has 1 aliphatic rings. The van der Waals surface area contributed by atoms with E-state index in [-0.39, 0.29) is 11.4 Å². The van der Waals surface area contributed by atoms with Crippen molar-refractivity contribution in [2.45, 2.75) is 19.9 Å². The molecule has 1 aromatic carbocycles. The molecule has 144 valence electrons. The van der Waals surface area contributed by atoms with Crippen LogP contribution in [0.25, 0.3) is 0 Å². The number of hydrogen-bond acceptors (Lipinski definition) is 6. The highest BCUT2D eigenvalue weighted by atomic mass is 19.1. The Morgan fingerprint density at radius 2 is 2.11 bits per heavy atom. The maximum Gasteiger partial charge on any atom is 0.166 e. The molecule has 2 aromatic rings. The van der Waals surface area contributed by atoms with Crippen LogP contribution in [-0.4, -0.2) is 16.4 Å². The zero-order valence-electron chi connectivity index (χ0n) is 15.2. The molecule has 0 spiro atoms. The maximum absolute atomic E-state index is 13.8. The Morgan fingerprint density at radius 1 is 1.32 bits per heavy atom. The Balaban J connectivity index is 1.83. The number of halogens is 2. The van der Waals surface area contributed by atoms with Gasteiger partial charge in [-0.2, -0.15) is 5.26 Å². The third-order valence-corrected chi connectivity index (χ3v) is 4.38. The van der Waals surface area contributed by atoms with Gasteiger partial charge in [0.25, 0.3) is 0 Å². The largest absolute Gasteiger partial charge is 0.453 e. The number of aromatic nitrogens is 1. The summed E-state index contributed by atoms with van der Waals surface area (Å²) in [6, 6.07) is 6.61. The predicted molar refractivity (Wildman–Crippen MR) is 99.6 cm³/mol. The van der Waals surface area contributed by atoms with E-state index >= 15 is 0 Å². The fraction of sp³-hybridized carbons (Fsp3) is 0.200. The van der Waals surface area contributed by atoms with Crippen LogP contribution in [0.1, 0.15) is 18.2 Å². The molecule has 2 heterocycles.